The summed E-state index contributed by atoms with van der Waals surface area (Å²) in [6.07, 6.45) is 0. The summed E-state index contributed by atoms with van der Waals surface area (Å²) < 4.78 is 5.05. The lowest BCUT2D eigenvalue weighted by atomic mass is 10.0. The lowest BCUT2D eigenvalue weighted by Gasteiger charge is -2.09. The van der Waals surface area contributed by atoms with Gasteiger partial charge in [-0.3, -0.25) is 4.79 Å². The van der Waals surface area contributed by atoms with Crippen molar-refractivity contribution in [1.29, 1.82) is 0 Å². The van der Waals surface area contributed by atoms with Gasteiger partial charge in [-0.2, -0.15) is 0 Å². The van der Waals surface area contributed by atoms with Gasteiger partial charge in [0.15, 0.2) is 5.78 Å². The maximum atomic E-state index is 11.7. The van der Waals surface area contributed by atoms with E-state index in [4.69, 9.17) is 10.5 Å². The van der Waals surface area contributed by atoms with Crippen LogP contribution in [-0.2, 0) is 0 Å². The Kier molecular flexibility index (Phi) is 3.25. The van der Waals surface area contributed by atoms with Crippen LogP contribution in [0.5, 0.6) is 5.75 Å². The SMILES string of the molecule is COc1ccc(C)c(C(=O)C(C)N)c1. The Morgan fingerprint density at radius 3 is 2.64 bits per heavy atom. The van der Waals surface area contributed by atoms with E-state index in [2.05, 4.69) is 0 Å². The Morgan fingerprint density at radius 1 is 1.50 bits per heavy atom. The van der Waals surface area contributed by atoms with Crippen LogP contribution in [0.3, 0.4) is 0 Å². The fourth-order valence-corrected chi connectivity index (χ4v) is 1.24. The van der Waals surface area contributed by atoms with Crippen molar-refractivity contribution >= 4 is 5.78 Å². The minimum absolute atomic E-state index is 0.0543. The van der Waals surface area contributed by atoms with E-state index in [1.807, 2.05) is 19.1 Å². The minimum Gasteiger partial charge on any atom is -0.497 e. The summed E-state index contributed by atoms with van der Waals surface area (Å²) in [5.74, 6) is 0.626. The van der Waals surface area contributed by atoms with Crippen LogP contribution in [0, 0.1) is 6.92 Å². The van der Waals surface area contributed by atoms with Crippen molar-refractivity contribution in [3.63, 3.8) is 0 Å². The topological polar surface area (TPSA) is 52.3 Å². The van der Waals surface area contributed by atoms with Crippen LogP contribution >= 0.6 is 0 Å². The molecule has 0 fully saturated rings. The summed E-state index contributed by atoms with van der Waals surface area (Å²) in [4.78, 5) is 11.7. The van der Waals surface area contributed by atoms with E-state index in [1.54, 1.807) is 20.1 Å². The molecule has 0 spiro atoms. The number of nitrogens with two attached hydrogens (primary N) is 1. The Labute approximate surface area is 83.9 Å². The summed E-state index contributed by atoms with van der Waals surface area (Å²) in [7, 11) is 1.57. The second kappa shape index (κ2) is 4.24. The first-order valence-electron chi connectivity index (χ1n) is 4.50. The quantitative estimate of drug-likeness (QED) is 0.741. The van der Waals surface area contributed by atoms with Gasteiger partial charge in [0.25, 0.3) is 0 Å². The molecule has 0 aliphatic heterocycles. The monoisotopic (exact) mass is 193 g/mol. The molecule has 1 aromatic carbocycles. The van der Waals surface area contributed by atoms with Crippen molar-refractivity contribution in [1.82, 2.24) is 0 Å². The Morgan fingerprint density at radius 2 is 2.14 bits per heavy atom. The Hall–Kier alpha value is -1.35. The lowest BCUT2D eigenvalue weighted by molar-refractivity contribution is 0.0967. The van der Waals surface area contributed by atoms with Crippen LogP contribution < -0.4 is 10.5 Å². The average molecular weight is 193 g/mol. The van der Waals surface area contributed by atoms with E-state index >= 15 is 0 Å². The summed E-state index contributed by atoms with van der Waals surface area (Å²) in [6.45, 7) is 3.57. The predicted molar refractivity (Wildman–Crippen MR) is 55.7 cm³/mol. The largest absolute Gasteiger partial charge is 0.497 e. The highest BCUT2D eigenvalue weighted by molar-refractivity contribution is 6.01. The molecule has 3 heteroatoms. The van der Waals surface area contributed by atoms with Crippen LogP contribution in [0.15, 0.2) is 18.2 Å². The van der Waals surface area contributed by atoms with Crippen LogP contribution in [0.25, 0.3) is 0 Å². The molecule has 0 aliphatic carbocycles. The molecule has 0 amide bonds. The molecule has 0 aliphatic rings. The van der Waals surface area contributed by atoms with Gasteiger partial charge in [-0.05, 0) is 31.5 Å². The molecule has 1 rings (SSSR count). The summed E-state index contributed by atoms with van der Waals surface area (Å²) >= 11 is 0. The normalized spacial score (nSPS) is 12.3. The molecule has 0 bridgehead atoms. The van der Waals surface area contributed by atoms with Gasteiger partial charge in [-0.15, -0.1) is 0 Å². The molecule has 1 aromatic rings. The number of carbonyl (C=O) groups is 1. The first-order chi connectivity index (χ1) is 6.56. The van der Waals surface area contributed by atoms with Crippen molar-refractivity contribution in [3.8, 4) is 5.75 Å². The molecule has 1 unspecified atom stereocenters. The number of ketones is 1. The van der Waals surface area contributed by atoms with Crippen molar-refractivity contribution in [2.45, 2.75) is 19.9 Å². The number of Topliss-reactive ketones (excluding diaryl/α,β-unsaturated/α-hetero) is 1. The smallest absolute Gasteiger partial charge is 0.179 e. The number of hydrogen-bond acceptors (Lipinski definition) is 3. The fraction of sp³-hybridized carbons (Fsp3) is 0.364. The molecule has 0 saturated heterocycles. The van der Waals surface area contributed by atoms with Gasteiger partial charge in [0, 0.05) is 5.56 Å². The van der Waals surface area contributed by atoms with Crippen LogP contribution in [0.1, 0.15) is 22.8 Å². The highest BCUT2D eigenvalue weighted by atomic mass is 16.5. The first-order valence-corrected chi connectivity index (χ1v) is 4.50. The fourth-order valence-electron chi connectivity index (χ4n) is 1.24. The zero-order valence-electron chi connectivity index (χ0n) is 8.70. The second-order valence-corrected chi connectivity index (χ2v) is 3.33. The molecular weight excluding hydrogens is 178 g/mol. The van der Waals surface area contributed by atoms with E-state index in [9.17, 15) is 4.79 Å². The van der Waals surface area contributed by atoms with E-state index < -0.39 is 6.04 Å². The zero-order chi connectivity index (χ0) is 10.7. The van der Waals surface area contributed by atoms with Gasteiger partial charge in [0.1, 0.15) is 5.75 Å². The second-order valence-electron chi connectivity index (χ2n) is 3.33. The average Bonchev–Trinajstić information content (AvgIpc) is 2.17. The van der Waals surface area contributed by atoms with Gasteiger partial charge in [-0.1, -0.05) is 6.07 Å². The molecule has 14 heavy (non-hydrogen) atoms. The molecule has 2 N–H and O–H groups in total. The van der Waals surface area contributed by atoms with Crippen molar-refractivity contribution in [2.75, 3.05) is 7.11 Å². The molecule has 0 aromatic heterocycles. The van der Waals surface area contributed by atoms with E-state index in [-0.39, 0.29) is 5.78 Å². The summed E-state index contributed by atoms with van der Waals surface area (Å²) in [5.41, 5.74) is 7.10. The predicted octanol–water partition coefficient (Wildman–Crippen LogP) is 1.53. The molecule has 1 atom stereocenters. The van der Waals surface area contributed by atoms with Gasteiger partial charge in [0.2, 0.25) is 0 Å². The highest BCUT2D eigenvalue weighted by Crippen LogP contribution is 2.18. The summed E-state index contributed by atoms with van der Waals surface area (Å²) in [6, 6.07) is 4.93. The van der Waals surface area contributed by atoms with Gasteiger partial charge in [0.05, 0.1) is 13.2 Å². The van der Waals surface area contributed by atoms with Gasteiger partial charge < -0.3 is 10.5 Å². The maximum absolute atomic E-state index is 11.7. The number of rotatable bonds is 3. The van der Waals surface area contributed by atoms with Crippen LogP contribution in [0.4, 0.5) is 0 Å². The number of hydrogen-bond donors (Lipinski definition) is 1. The number of ether oxygens (including phenoxy) is 1. The Balaban J connectivity index is 3.12. The number of methoxy groups -OCH3 is 1. The highest BCUT2D eigenvalue weighted by Gasteiger charge is 2.13. The van der Waals surface area contributed by atoms with Gasteiger partial charge >= 0.3 is 0 Å². The van der Waals surface area contributed by atoms with Crippen molar-refractivity contribution in [3.05, 3.63) is 29.3 Å². The lowest BCUT2D eigenvalue weighted by Crippen LogP contribution is -2.27. The van der Waals surface area contributed by atoms with Crippen molar-refractivity contribution < 1.29 is 9.53 Å². The molecule has 0 heterocycles. The zero-order valence-corrected chi connectivity index (χ0v) is 8.70. The minimum atomic E-state index is -0.471. The van der Waals surface area contributed by atoms with Gasteiger partial charge in [-0.25, -0.2) is 0 Å². The summed E-state index contributed by atoms with van der Waals surface area (Å²) in [5, 5.41) is 0. The Bertz CT molecular complexity index is 345. The van der Waals surface area contributed by atoms with Crippen molar-refractivity contribution in [2.24, 2.45) is 5.73 Å². The maximum Gasteiger partial charge on any atom is 0.179 e. The molecule has 0 radical (unpaired) electrons. The van der Waals surface area contributed by atoms with E-state index in [0.717, 1.165) is 5.56 Å². The molecule has 3 nitrogen and oxygen atoms in total. The first kappa shape index (κ1) is 10.7. The molecular formula is C11H15NO2. The third-order valence-electron chi connectivity index (χ3n) is 2.12. The van der Waals surface area contributed by atoms with Crippen LogP contribution in [-0.4, -0.2) is 18.9 Å². The third-order valence-corrected chi connectivity index (χ3v) is 2.12. The van der Waals surface area contributed by atoms with E-state index in [1.165, 1.54) is 0 Å². The van der Waals surface area contributed by atoms with Crippen LogP contribution in [0.2, 0.25) is 0 Å². The van der Waals surface area contributed by atoms with E-state index in [0.29, 0.717) is 11.3 Å². The number of benzene rings is 1. The number of carbonyl (C=O) groups excluding carboxylic acids is 1. The third kappa shape index (κ3) is 2.12. The molecule has 76 valence electrons. The number of aryl methyl sites for hydroxylation is 1. The molecule has 0 saturated carbocycles. The standard InChI is InChI=1S/C11H15NO2/c1-7-4-5-9(14-3)6-10(7)11(13)8(2)12/h4-6,8H,12H2,1-3H3.